The summed E-state index contributed by atoms with van der Waals surface area (Å²) in [6.07, 6.45) is 7.34. The molecule has 0 amide bonds. The van der Waals surface area contributed by atoms with Crippen molar-refractivity contribution in [3.8, 4) is 12.3 Å². The number of terminal acetylenes is 1. The number of hydrogen-bond acceptors (Lipinski definition) is 4. The molecule has 1 unspecified atom stereocenters. The molecule has 1 aliphatic rings. The van der Waals surface area contributed by atoms with Crippen LogP contribution in [0, 0.1) is 12.3 Å². The maximum absolute atomic E-state index is 11.1. The van der Waals surface area contributed by atoms with Gasteiger partial charge in [-0.25, -0.2) is 0 Å². The van der Waals surface area contributed by atoms with E-state index in [4.69, 9.17) is 10.9 Å². The normalized spacial score (nSPS) is 26.6. The standard InChI is InChI=1S/C9H14O4P/c1-2-5-12-9(10)8-14(11)7-4-3-6-13-14/h1,11H,3-8H2. The van der Waals surface area contributed by atoms with Gasteiger partial charge in [-0.2, -0.15) is 0 Å². The number of carbonyl (C=O) groups excluding carboxylic acids is 1. The van der Waals surface area contributed by atoms with E-state index >= 15 is 0 Å². The van der Waals surface area contributed by atoms with E-state index in [-0.39, 0.29) is 12.8 Å². The van der Waals surface area contributed by atoms with Gasteiger partial charge in [-0.1, -0.05) is 5.92 Å². The quantitative estimate of drug-likeness (QED) is 0.432. The topological polar surface area (TPSA) is 55.8 Å². The molecular formula is C9H14O4P. The molecule has 0 aromatic carbocycles. The maximum atomic E-state index is 11.1. The molecule has 1 saturated heterocycles. The summed E-state index contributed by atoms with van der Waals surface area (Å²) >= 11 is 0. The second-order valence-electron chi connectivity index (χ2n) is 3.13. The van der Waals surface area contributed by atoms with Gasteiger partial charge in [0, 0.05) is 6.16 Å². The molecule has 0 aromatic heterocycles. The molecule has 1 atom stereocenters. The van der Waals surface area contributed by atoms with Crippen LogP contribution < -0.4 is 0 Å². The van der Waals surface area contributed by atoms with E-state index < -0.39 is 13.7 Å². The average molecular weight is 217 g/mol. The van der Waals surface area contributed by atoms with Gasteiger partial charge < -0.3 is 14.2 Å². The highest BCUT2D eigenvalue weighted by atomic mass is 31.2. The van der Waals surface area contributed by atoms with Gasteiger partial charge in [-0.15, -0.1) is 6.42 Å². The summed E-state index contributed by atoms with van der Waals surface area (Å²) < 4.78 is 9.90. The van der Waals surface area contributed by atoms with Gasteiger partial charge in [0.2, 0.25) is 0 Å². The van der Waals surface area contributed by atoms with Crippen molar-refractivity contribution < 1.29 is 18.9 Å². The lowest BCUT2D eigenvalue weighted by Gasteiger charge is -2.32. The van der Waals surface area contributed by atoms with Crippen molar-refractivity contribution in [1.82, 2.24) is 0 Å². The smallest absolute Gasteiger partial charge is 0.315 e. The Morgan fingerprint density at radius 1 is 1.64 bits per heavy atom. The van der Waals surface area contributed by atoms with Crippen molar-refractivity contribution in [2.24, 2.45) is 0 Å². The minimum atomic E-state index is -2.50. The Kier molecular flexibility index (Phi) is 4.34. The van der Waals surface area contributed by atoms with Crippen LogP contribution >= 0.6 is 7.72 Å². The highest BCUT2D eigenvalue weighted by molar-refractivity contribution is 7.66. The summed E-state index contributed by atoms with van der Waals surface area (Å²) in [6, 6.07) is 0. The lowest BCUT2D eigenvalue weighted by atomic mass is 10.4. The number of carbonyl (C=O) groups is 1. The first-order valence-corrected chi connectivity index (χ1v) is 6.53. The fourth-order valence-corrected chi connectivity index (χ4v) is 3.31. The van der Waals surface area contributed by atoms with Crippen LogP contribution in [-0.4, -0.2) is 36.4 Å². The molecule has 1 heterocycles. The third-order valence-corrected chi connectivity index (χ3v) is 4.36. The summed E-state index contributed by atoms with van der Waals surface area (Å²) in [5.74, 6) is 1.72. The second kappa shape index (κ2) is 5.31. The Bertz CT molecular complexity index is 240. The van der Waals surface area contributed by atoms with Gasteiger partial charge in [0.05, 0.1) is 6.61 Å². The minimum absolute atomic E-state index is 0.0331. The molecular weight excluding hydrogens is 203 g/mol. The van der Waals surface area contributed by atoms with Crippen molar-refractivity contribution in [3.05, 3.63) is 0 Å². The highest BCUT2D eigenvalue weighted by Gasteiger charge is 2.31. The molecule has 1 rings (SSSR count). The van der Waals surface area contributed by atoms with Crippen molar-refractivity contribution >= 4 is 13.7 Å². The van der Waals surface area contributed by atoms with Crippen LogP contribution in [-0.2, 0) is 14.1 Å². The summed E-state index contributed by atoms with van der Waals surface area (Å²) in [4.78, 5) is 21.0. The van der Waals surface area contributed by atoms with E-state index in [1.165, 1.54) is 0 Å². The first-order chi connectivity index (χ1) is 6.66. The van der Waals surface area contributed by atoms with Gasteiger partial charge in [0.1, 0.15) is 13.9 Å². The molecule has 79 valence electrons. The molecule has 1 radical (unpaired) electrons. The van der Waals surface area contributed by atoms with Crippen molar-refractivity contribution in [2.45, 2.75) is 12.8 Å². The summed E-state index contributed by atoms with van der Waals surface area (Å²) in [5.41, 5.74) is 0. The Morgan fingerprint density at radius 3 is 3.00 bits per heavy atom. The maximum Gasteiger partial charge on any atom is 0.315 e. The first kappa shape index (κ1) is 11.5. The third-order valence-electron chi connectivity index (χ3n) is 1.93. The van der Waals surface area contributed by atoms with Crippen molar-refractivity contribution in [2.75, 3.05) is 25.5 Å². The number of rotatable bonds is 3. The monoisotopic (exact) mass is 217 g/mol. The molecule has 1 aliphatic heterocycles. The Labute approximate surface area is 84.1 Å². The fourth-order valence-electron chi connectivity index (χ4n) is 1.25. The van der Waals surface area contributed by atoms with Gasteiger partial charge in [0.15, 0.2) is 6.61 Å². The molecule has 0 aliphatic carbocycles. The predicted octanol–water partition coefficient (Wildman–Crippen LogP) is 0.813. The molecule has 4 nitrogen and oxygen atoms in total. The van der Waals surface area contributed by atoms with E-state index in [9.17, 15) is 9.69 Å². The van der Waals surface area contributed by atoms with E-state index in [1.807, 2.05) is 0 Å². The Morgan fingerprint density at radius 2 is 2.43 bits per heavy atom. The predicted molar refractivity (Wildman–Crippen MR) is 53.9 cm³/mol. The van der Waals surface area contributed by atoms with E-state index in [0.29, 0.717) is 12.8 Å². The summed E-state index contributed by atoms with van der Waals surface area (Å²) in [5, 5.41) is 0. The van der Waals surface area contributed by atoms with E-state index in [1.54, 1.807) is 0 Å². The van der Waals surface area contributed by atoms with Crippen LogP contribution in [0.1, 0.15) is 12.8 Å². The van der Waals surface area contributed by atoms with Gasteiger partial charge in [0.25, 0.3) is 0 Å². The second-order valence-corrected chi connectivity index (χ2v) is 5.85. The molecule has 0 aromatic rings. The molecule has 0 bridgehead atoms. The highest BCUT2D eigenvalue weighted by Crippen LogP contribution is 2.58. The Hall–Kier alpha value is -0.620. The first-order valence-electron chi connectivity index (χ1n) is 4.50. The lowest BCUT2D eigenvalue weighted by Crippen LogP contribution is -2.20. The molecule has 14 heavy (non-hydrogen) atoms. The molecule has 1 fully saturated rings. The number of esters is 1. The number of ether oxygens (including phenoxy) is 1. The van der Waals surface area contributed by atoms with Gasteiger partial charge >= 0.3 is 5.97 Å². The summed E-state index contributed by atoms with van der Waals surface area (Å²) in [6.45, 7) is 0.492. The fraction of sp³-hybridized carbons (Fsp3) is 0.667. The van der Waals surface area contributed by atoms with Crippen LogP contribution in [0.5, 0.6) is 0 Å². The van der Waals surface area contributed by atoms with Crippen LogP contribution in [0.3, 0.4) is 0 Å². The summed E-state index contributed by atoms with van der Waals surface area (Å²) in [7, 11) is -2.50. The van der Waals surface area contributed by atoms with Gasteiger partial charge in [-0.3, -0.25) is 4.79 Å². The zero-order chi connectivity index (χ0) is 10.4. The van der Waals surface area contributed by atoms with Crippen molar-refractivity contribution in [3.63, 3.8) is 0 Å². The Balaban J connectivity index is 2.34. The number of hydrogen-bond donors (Lipinski definition) is 1. The van der Waals surface area contributed by atoms with E-state index in [0.717, 1.165) is 12.8 Å². The van der Waals surface area contributed by atoms with Gasteiger partial charge in [-0.05, 0) is 12.8 Å². The molecule has 1 N–H and O–H groups in total. The zero-order valence-corrected chi connectivity index (χ0v) is 8.83. The molecule has 0 saturated carbocycles. The third kappa shape index (κ3) is 3.63. The zero-order valence-electron chi connectivity index (χ0n) is 7.94. The molecule has 5 heteroatoms. The van der Waals surface area contributed by atoms with Crippen LogP contribution in [0.25, 0.3) is 0 Å². The minimum Gasteiger partial charge on any atom is -0.452 e. The van der Waals surface area contributed by atoms with E-state index in [2.05, 4.69) is 10.7 Å². The largest absolute Gasteiger partial charge is 0.452 e. The lowest BCUT2D eigenvalue weighted by molar-refractivity contribution is -0.139. The molecule has 0 spiro atoms. The van der Waals surface area contributed by atoms with Crippen LogP contribution in [0.2, 0.25) is 0 Å². The SMILES string of the molecule is C#CCOC(=O)C[P]1(O)CCCCO1. The van der Waals surface area contributed by atoms with Crippen LogP contribution in [0.4, 0.5) is 0 Å². The van der Waals surface area contributed by atoms with Crippen LogP contribution in [0.15, 0.2) is 0 Å². The average Bonchev–Trinajstić information content (AvgIpc) is 2.15. The van der Waals surface area contributed by atoms with Crippen molar-refractivity contribution in [1.29, 1.82) is 0 Å².